The van der Waals surface area contributed by atoms with Gasteiger partial charge in [-0.1, -0.05) is 30.3 Å². The van der Waals surface area contributed by atoms with E-state index >= 15 is 0 Å². The van der Waals surface area contributed by atoms with Gasteiger partial charge in [0.05, 0.1) is 4.90 Å². The van der Waals surface area contributed by atoms with Crippen LogP contribution in [0.4, 0.5) is 0 Å². The molecule has 0 N–H and O–H groups in total. The summed E-state index contributed by atoms with van der Waals surface area (Å²) in [7, 11) is -3.71. The van der Waals surface area contributed by atoms with Crippen molar-refractivity contribution < 1.29 is 13.2 Å². The summed E-state index contributed by atoms with van der Waals surface area (Å²) in [6, 6.07) is 12.7. The third kappa shape index (κ3) is 3.33. The molecule has 2 aromatic rings. The van der Waals surface area contributed by atoms with Crippen LogP contribution in [0.1, 0.15) is 46.0 Å². The minimum atomic E-state index is -3.71. The maximum absolute atomic E-state index is 13.4. The fourth-order valence-electron chi connectivity index (χ4n) is 4.77. The van der Waals surface area contributed by atoms with Crippen molar-refractivity contribution in [2.24, 2.45) is 0 Å². The molecule has 2 aliphatic rings. The Hall–Kier alpha value is -1.92. The van der Waals surface area contributed by atoms with Crippen LogP contribution in [-0.2, 0) is 14.8 Å². The normalized spacial score (nSPS) is 26.6. The molecule has 0 aromatic heterocycles. The number of piperidine rings is 1. The summed E-state index contributed by atoms with van der Waals surface area (Å²) in [6.07, 6.45) is 4.41. The van der Waals surface area contributed by atoms with Crippen molar-refractivity contribution >= 4 is 26.7 Å². The molecule has 3 atom stereocenters. The lowest BCUT2D eigenvalue weighted by Crippen LogP contribution is -2.54. The van der Waals surface area contributed by atoms with Crippen molar-refractivity contribution in [2.75, 3.05) is 6.54 Å². The van der Waals surface area contributed by atoms with E-state index in [1.807, 2.05) is 35.2 Å². The Labute approximate surface area is 167 Å². The van der Waals surface area contributed by atoms with Gasteiger partial charge in [0.1, 0.15) is 6.04 Å². The lowest BCUT2D eigenvalue weighted by atomic mass is 9.96. The minimum Gasteiger partial charge on any atom is -0.336 e. The Bertz CT molecular complexity index is 978. The Kier molecular flexibility index (Phi) is 5.19. The maximum Gasteiger partial charge on any atom is 0.243 e. The Morgan fingerprint density at radius 3 is 2.32 bits per heavy atom. The number of sulfonamides is 1. The number of hydrogen-bond acceptors (Lipinski definition) is 3. The van der Waals surface area contributed by atoms with Crippen LogP contribution in [0, 0.1) is 0 Å². The molecular formula is C22H28N2O3S. The molecule has 0 saturated carbocycles. The van der Waals surface area contributed by atoms with Gasteiger partial charge in [-0.3, -0.25) is 4.79 Å². The number of likely N-dealkylation sites (tertiary alicyclic amines) is 1. The first kappa shape index (κ1) is 19.4. The lowest BCUT2D eigenvalue weighted by Gasteiger charge is -2.41. The molecule has 2 heterocycles. The largest absolute Gasteiger partial charge is 0.336 e. The first-order valence-electron chi connectivity index (χ1n) is 10.2. The minimum absolute atomic E-state index is 0.0263. The van der Waals surface area contributed by atoms with E-state index in [1.165, 1.54) is 4.31 Å². The van der Waals surface area contributed by atoms with E-state index in [-0.39, 0.29) is 22.9 Å². The predicted octanol–water partition coefficient (Wildman–Crippen LogP) is 3.78. The van der Waals surface area contributed by atoms with Gasteiger partial charge < -0.3 is 4.90 Å². The highest BCUT2D eigenvalue weighted by Gasteiger charge is 2.43. The molecule has 2 fully saturated rings. The molecule has 1 amide bonds. The van der Waals surface area contributed by atoms with E-state index in [2.05, 4.69) is 13.8 Å². The Balaban J connectivity index is 1.65. The van der Waals surface area contributed by atoms with Crippen LogP contribution in [0.25, 0.3) is 10.8 Å². The standard InChI is InChI=1S/C22H28N2O3S/c1-16-7-5-8-17(2)24(16)22(25)21-11-6-14-23(21)28(26,27)20-13-12-18-9-3-4-10-19(18)15-20/h3-4,9-10,12-13,15-17,21H,5-8,11,14H2,1-2H3/t16-,17-,21+/m1/s1. The molecule has 2 aliphatic heterocycles. The van der Waals surface area contributed by atoms with Crippen LogP contribution in [-0.4, -0.2) is 48.2 Å². The number of benzene rings is 2. The van der Waals surface area contributed by atoms with Crippen molar-refractivity contribution in [3.63, 3.8) is 0 Å². The quantitative estimate of drug-likeness (QED) is 0.788. The molecule has 0 bridgehead atoms. The van der Waals surface area contributed by atoms with Gasteiger partial charge in [0, 0.05) is 18.6 Å². The molecule has 2 saturated heterocycles. The molecule has 0 unspecified atom stereocenters. The average molecular weight is 401 g/mol. The van der Waals surface area contributed by atoms with Crippen LogP contribution >= 0.6 is 0 Å². The molecule has 2 aromatic carbocycles. The third-order valence-electron chi connectivity index (χ3n) is 6.26. The lowest BCUT2D eigenvalue weighted by molar-refractivity contribution is -0.140. The zero-order chi connectivity index (χ0) is 19.9. The van der Waals surface area contributed by atoms with Gasteiger partial charge >= 0.3 is 0 Å². The second kappa shape index (κ2) is 7.48. The highest BCUT2D eigenvalue weighted by molar-refractivity contribution is 7.89. The monoisotopic (exact) mass is 400 g/mol. The topological polar surface area (TPSA) is 57.7 Å². The smallest absolute Gasteiger partial charge is 0.243 e. The molecule has 0 spiro atoms. The number of amides is 1. The first-order valence-corrected chi connectivity index (χ1v) is 11.7. The molecule has 0 aliphatic carbocycles. The van der Waals surface area contributed by atoms with E-state index in [9.17, 15) is 13.2 Å². The SMILES string of the molecule is C[C@@H]1CCC[C@@H](C)N1C(=O)[C@@H]1CCCN1S(=O)(=O)c1ccc2ccccc2c1. The number of carbonyl (C=O) groups excluding carboxylic acids is 1. The second-order valence-corrected chi connectivity index (χ2v) is 10.0. The van der Waals surface area contributed by atoms with Crippen molar-refractivity contribution in [2.45, 2.75) is 69.0 Å². The number of fused-ring (bicyclic) bond motifs is 1. The van der Waals surface area contributed by atoms with Gasteiger partial charge in [-0.05, 0) is 68.9 Å². The highest BCUT2D eigenvalue weighted by atomic mass is 32.2. The summed E-state index contributed by atoms with van der Waals surface area (Å²) < 4.78 is 28.2. The average Bonchev–Trinajstić information content (AvgIpc) is 3.18. The van der Waals surface area contributed by atoms with Gasteiger partial charge in [0.2, 0.25) is 15.9 Å². The summed E-state index contributed by atoms with van der Waals surface area (Å²) in [5.74, 6) is -0.0263. The van der Waals surface area contributed by atoms with E-state index < -0.39 is 16.1 Å². The molecule has 150 valence electrons. The molecule has 0 radical (unpaired) electrons. The van der Waals surface area contributed by atoms with Crippen LogP contribution in [0.3, 0.4) is 0 Å². The van der Waals surface area contributed by atoms with Crippen molar-refractivity contribution in [1.82, 2.24) is 9.21 Å². The van der Waals surface area contributed by atoms with Crippen molar-refractivity contribution in [1.29, 1.82) is 0 Å². The summed E-state index contributed by atoms with van der Waals surface area (Å²) in [5.41, 5.74) is 0. The van der Waals surface area contributed by atoms with E-state index in [4.69, 9.17) is 0 Å². The molecule has 6 heteroatoms. The third-order valence-corrected chi connectivity index (χ3v) is 8.17. The van der Waals surface area contributed by atoms with Gasteiger partial charge in [-0.15, -0.1) is 0 Å². The van der Waals surface area contributed by atoms with Crippen LogP contribution < -0.4 is 0 Å². The molecule has 5 nitrogen and oxygen atoms in total. The summed E-state index contributed by atoms with van der Waals surface area (Å²) in [6.45, 7) is 4.55. The highest BCUT2D eigenvalue weighted by Crippen LogP contribution is 2.32. The second-order valence-electron chi connectivity index (χ2n) is 8.16. The predicted molar refractivity (Wildman–Crippen MR) is 110 cm³/mol. The van der Waals surface area contributed by atoms with Crippen LogP contribution in [0.5, 0.6) is 0 Å². The number of rotatable bonds is 3. The zero-order valence-corrected chi connectivity index (χ0v) is 17.4. The zero-order valence-electron chi connectivity index (χ0n) is 16.5. The van der Waals surface area contributed by atoms with E-state index in [0.717, 1.165) is 36.5 Å². The van der Waals surface area contributed by atoms with Gasteiger partial charge in [-0.2, -0.15) is 4.31 Å². The fourth-order valence-corrected chi connectivity index (χ4v) is 6.45. The molecule has 28 heavy (non-hydrogen) atoms. The summed E-state index contributed by atoms with van der Waals surface area (Å²) in [4.78, 5) is 15.5. The van der Waals surface area contributed by atoms with Crippen molar-refractivity contribution in [3.8, 4) is 0 Å². The van der Waals surface area contributed by atoms with Gasteiger partial charge in [0.25, 0.3) is 0 Å². The maximum atomic E-state index is 13.4. The van der Waals surface area contributed by atoms with E-state index in [0.29, 0.717) is 13.0 Å². The van der Waals surface area contributed by atoms with Crippen LogP contribution in [0.2, 0.25) is 0 Å². The number of nitrogens with zero attached hydrogens (tertiary/aromatic N) is 2. The Morgan fingerprint density at radius 1 is 0.929 bits per heavy atom. The van der Waals surface area contributed by atoms with Crippen molar-refractivity contribution in [3.05, 3.63) is 42.5 Å². The first-order chi connectivity index (χ1) is 13.4. The summed E-state index contributed by atoms with van der Waals surface area (Å²) in [5, 5.41) is 1.90. The van der Waals surface area contributed by atoms with E-state index in [1.54, 1.807) is 12.1 Å². The van der Waals surface area contributed by atoms with Gasteiger partial charge in [0.15, 0.2) is 0 Å². The van der Waals surface area contributed by atoms with Crippen LogP contribution in [0.15, 0.2) is 47.4 Å². The number of hydrogen-bond donors (Lipinski definition) is 0. The summed E-state index contributed by atoms with van der Waals surface area (Å²) >= 11 is 0. The molecular weight excluding hydrogens is 372 g/mol. The number of carbonyl (C=O) groups is 1. The Morgan fingerprint density at radius 2 is 1.61 bits per heavy atom. The molecule has 4 rings (SSSR count). The van der Waals surface area contributed by atoms with Gasteiger partial charge in [-0.25, -0.2) is 8.42 Å². The fraction of sp³-hybridized carbons (Fsp3) is 0.500.